The molecule has 1 heteroatoms. The van der Waals surface area contributed by atoms with E-state index in [0.717, 1.165) is 5.56 Å². The van der Waals surface area contributed by atoms with Crippen LogP contribution in [0.1, 0.15) is 12.5 Å². The second kappa shape index (κ2) is 3.11. The second-order valence-corrected chi connectivity index (χ2v) is 4.43. The van der Waals surface area contributed by atoms with Gasteiger partial charge in [0.15, 0.2) is 0 Å². The van der Waals surface area contributed by atoms with Gasteiger partial charge < -0.3 is 4.57 Å². The maximum atomic E-state index is 7.47. The molecule has 0 fully saturated rings. The summed E-state index contributed by atoms with van der Waals surface area (Å²) in [5, 5.41) is 2.55. The molecule has 0 unspecified atom stereocenters. The fourth-order valence-electron chi connectivity index (χ4n) is 2.38. The van der Waals surface area contributed by atoms with E-state index >= 15 is 0 Å². The Bertz CT molecular complexity index is 710. The lowest BCUT2D eigenvalue weighted by molar-refractivity contribution is 1.01. The molecule has 2 aromatic carbocycles. The van der Waals surface area contributed by atoms with E-state index in [-0.39, 0.29) is 0 Å². The molecule has 3 rings (SSSR count). The highest BCUT2D eigenvalue weighted by atomic mass is 14.9. The van der Waals surface area contributed by atoms with Crippen molar-refractivity contribution in [3.05, 3.63) is 47.5 Å². The summed E-state index contributed by atoms with van der Waals surface area (Å²) in [6.45, 7) is 2.46. The molecule has 0 N–H and O–H groups in total. The first kappa shape index (κ1) is 8.40. The maximum absolute atomic E-state index is 7.47. The topological polar surface area (TPSA) is 4.93 Å². The van der Waals surface area contributed by atoms with Crippen molar-refractivity contribution in [3.8, 4) is 0 Å². The van der Waals surface area contributed by atoms with Crippen molar-refractivity contribution in [2.45, 2.75) is 13.8 Å². The number of hydrogen-bond acceptors (Lipinski definition) is 0. The monoisotopic (exact) mass is 210 g/mol. The molecule has 1 aromatic heterocycles. The Morgan fingerprint density at radius 3 is 2.12 bits per heavy atom. The van der Waals surface area contributed by atoms with Gasteiger partial charge in [0, 0.05) is 30.2 Å². The van der Waals surface area contributed by atoms with Crippen molar-refractivity contribution in [3.63, 3.8) is 0 Å². The molecule has 80 valence electrons. The summed E-state index contributed by atoms with van der Waals surface area (Å²) in [7, 11) is 2.10. The standard InChI is InChI=1S/C15H15N/c1-10-4-6-14-12(8-10)13-9-11(2)5-7-15(13)16(14)3/h4-9H,1-3H3/i1D. The van der Waals surface area contributed by atoms with Crippen molar-refractivity contribution >= 4 is 21.8 Å². The van der Waals surface area contributed by atoms with Crippen LogP contribution in [-0.4, -0.2) is 4.57 Å². The Balaban J connectivity index is 2.51. The molecule has 3 aromatic rings. The minimum atomic E-state index is 0.345. The van der Waals surface area contributed by atoms with Gasteiger partial charge in [-0.25, -0.2) is 0 Å². The van der Waals surface area contributed by atoms with E-state index in [1.807, 2.05) is 6.07 Å². The van der Waals surface area contributed by atoms with E-state index in [2.05, 4.69) is 48.9 Å². The summed E-state index contributed by atoms with van der Waals surface area (Å²) >= 11 is 0. The molecular weight excluding hydrogens is 194 g/mol. The minimum Gasteiger partial charge on any atom is -0.344 e. The first-order valence-corrected chi connectivity index (χ1v) is 5.47. The number of fused-ring (bicyclic) bond motifs is 3. The Labute approximate surface area is 96.7 Å². The van der Waals surface area contributed by atoms with E-state index in [0.29, 0.717) is 6.90 Å². The van der Waals surface area contributed by atoms with Crippen LogP contribution < -0.4 is 0 Å². The molecule has 0 saturated carbocycles. The number of aromatic nitrogens is 1. The first-order chi connectivity index (χ1) is 8.20. The Kier molecular flexibility index (Phi) is 1.63. The molecule has 0 spiro atoms. The zero-order chi connectivity index (χ0) is 12.0. The molecule has 0 atom stereocenters. The van der Waals surface area contributed by atoms with E-state index in [4.69, 9.17) is 1.37 Å². The second-order valence-electron chi connectivity index (χ2n) is 4.43. The smallest absolute Gasteiger partial charge is 0.0488 e. The van der Waals surface area contributed by atoms with Crippen LogP contribution in [-0.2, 0) is 7.05 Å². The molecule has 1 heterocycles. The van der Waals surface area contributed by atoms with Crippen LogP contribution >= 0.6 is 0 Å². The summed E-state index contributed by atoms with van der Waals surface area (Å²) in [4.78, 5) is 0. The lowest BCUT2D eigenvalue weighted by Crippen LogP contribution is -1.86. The summed E-state index contributed by atoms with van der Waals surface area (Å²) in [5.41, 5.74) is 4.85. The quantitative estimate of drug-likeness (QED) is 0.529. The lowest BCUT2D eigenvalue weighted by atomic mass is 10.1. The first-order valence-electron chi connectivity index (χ1n) is 6.18. The van der Waals surface area contributed by atoms with Gasteiger partial charge in [-0.05, 0) is 38.1 Å². The lowest BCUT2D eigenvalue weighted by Gasteiger charge is -1.97. The summed E-state index contributed by atoms with van der Waals surface area (Å²) < 4.78 is 9.69. The molecule has 0 radical (unpaired) electrons. The predicted molar refractivity (Wildman–Crippen MR) is 69.9 cm³/mol. The van der Waals surface area contributed by atoms with Gasteiger partial charge in [-0.1, -0.05) is 23.3 Å². The Morgan fingerprint density at radius 1 is 0.938 bits per heavy atom. The average molecular weight is 210 g/mol. The normalized spacial score (nSPS) is 12.2. The third kappa shape index (κ3) is 1.18. The van der Waals surface area contributed by atoms with E-state index in [1.165, 1.54) is 27.4 Å². The zero-order valence-electron chi connectivity index (χ0n) is 10.6. The molecule has 0 bridgehead atoms. The number of benzene rings is 2. The fourth-order valence-corrected chi connectivity index (χ4v) is 2.38. The number of hydrogen-bond donors (Lipinski definition) is 0. The van der Waals surface area contributed by atoms with Gasteiger partial charge >= 0.3 is 0 Å². The van der Waals surface area contributed by atoms with E-state index in [9.17, 15) is 0 Å². The highest BCUT2D eigenvalue weighted by Crippen LogP contribution is 2.29. The van der Waals surface area contributed by atoms with Crippen LogP contribution in [0.5, 0.6) is 0 Å². The summed E-state index contributed by atoms with van der Waals surface area (Å²) in [5.74, 6) is 0. The average Bonchev–Trinajstić information content (AvgIpc) is 2.62. The van der Waals surface area contributed by atoms with E-state index in [1.54, 1.807) is 0 Å². The van der Waals surface area contributed by atoms with Crippen molar-refractivity contribution in [2.75, 3.05) is 0 Å². The fraction of sp³-hybridized carbons (Fsp3) is 0.200. The molecular formula is C15H15N. The largest absolute Gasteiger partial charge is 0.344 e. The van der Waals surface area contributed by atoms with Crippen molar-refractivity contribution in [1.29, 1.82) is 0 Å². The van der Waals surface area contributed by atoms with Gasteiger partial charge in [-0.3, -0.25) is 0 Å². The maximum Gasteiger partial charge on any atom is 0.0488 e. The van der Waals surface area contributed by atoms with Crippen LogP contribution in [0.25, 0.3) is 21.8 Å². The number of rotatable bonds is 0. The molecule has 0 aliphatic rings. The van der Waals surface area contributed by atoms with Crippen LogP contribution in [0.4, 0.5) is 0 Å². The Morgan fingerprint density at radius 2 is 1.50 bits per heavy atom. The van der Waals surface area contributed by atoms with Crippen molar-refractivity contribution in [2.24, 2.45) is 7.05 Å². The van der Waals surface area contributed by atoms with Crippen LogP contribution in [0, 0.1) is 13.8 Å². The summed E-state index contributed by atoms with van der Waals surface area (Å²) in [6.07, 6.45) is 0. The van der Waals surface area contributed by atoms with Crippen molar-refractivity contribution < 1.29 is 1.37 Å². The highest BCUT2D eigenvalue weighted by Gasteiger charge is 2.07. The molecule has 0 saturated heterocycles. The van der Waals surface area contributed by atoms with Gasteiger partial charge in [-0.2, -0.15) is 0 Å². The Hall–Kier alpha value is -1.76. The molecule has 16 heavy (non-hydrogen) atoms. The van der Waals surface area contributed by atoms with Gasteiger partial charge in [-0.15, -0.1) is 0 Å². The van der Waals surface area contributed by atoms with E-state index < -0.39 is 0 Å². The third-order valence-corrected chi connectivity index (χ3v) is 3.23. The molecule has 0 amide bonds. The van der Waals surface area contributed by atoms with Crippen LogP contribution in [0.15, 0.2) is 36.4 Å². The molecule has 0 aliphatic heterocycles. The number of aryl methyl sites for hydroxylation is 3. The molecule has 0 aliphatic carbocycles. The third-order valence-electron chi connectivity index (χ3n) is 3.23. The SMILES string of the molecule is [2H]Cc1ccc2c(c1)c1cc(C)ccc1n2C. The minimum absolute atomic E-state index is 0.345. The summed E-state index contributed by atoms with van der Waals surface area (Å²) in [6, 6.07) is 12.8. The van der Waals surface area contributed by atoms with Gasteiger partial charge in [0.25, 0.3) is 0 Å². The highest BCUT2D eigenvalue weighted by molar-refractivity contribution is 6.08. The van der Waals surface area contributed by atoms with Gasteiger partial charge in [0.05, 0.1) is 0 Å². The predicted octanol–water partition coefficient (Wildman–Crippen LogP) is 3.95. The molecule has 1 nitrogen and oxygen atoms in total. The van der Waals surface area contributed by atoms with Crippen LogP contribution in [0.2, 0.25) is 0 Å². The van der Waals surface area contributed by atoms with Crippen molar-refractivity contribution in [1.82, 2.24) is 4.57 Å². The van der Waals surface area contributed by atoms with Gasteiger partial charge in [0.2, 0.25) is 0 Å². The number of nitrogens with zero attached hydrogens (tertiary/aromatic N) is 1. The zero-order valence-corrected chi connectivity index (χ0v) is 9.62. The van der Waals surface area contributed by atoms with Crippen LogP contribution in [0.3, 0.4) is 0 Å². The van der Waals surface area contributed by atoms with Gasteiger partial charge in [0.1, 0.15) is 0 Å².